The summed E-state index contributed by atoms with van der Waals surface area (Å²) in [5.41, 5.74) is 0.330. The van der Waals surface area contributed by atoms with E-state index in [0.717, 1.165) is 13.0 Å². The van der Waals surface area contributed by atoms with Crippen LogP contribution in [0.15, 0.2) is 29.2 Å². The highest BCUT2D eigenvalue weighted by Crippen LogP contribution is 2.24. The Morgan fingerprint density at radius 2 is 2.08 bits per heavy atom. The van der Waals surface area contributed by atoms with Gasteiger partial charge >= 0.3 is 0 Å². The molecule has 0 spiro atoms. The molecular formula is C18H23N3O4S. The van der Waals surface area contributed by atoms with E-state index >= 15 is 0 Å². The molecule has 0 radical (unpaired) electrons. The van der Waals surface area contributed by atoms with Crippen LogP contribution in [0.3, 0.4) is 0 Å². The highest BCUT2D eigenvalue weighted by atomic mass is 32.2. The normalized spacial score (nSPS) is 22.0. The zero-order valence-electron chi connectivity index (χ0n) is 14.6. The molecule has 140 valence electrons. The Balaban J connectivity index is 1.67. The fourth-order valence-electron chi connectivity index (χ4n) is 3.26. The summed E-state index contributed by atoms with van der Waals surface area (Å²) in [6.07, 6.45) is 2.01. The Bertz CT molecular complexity index is 789. The van der Waals surface area contributed by atoms with Crippen LogP contribution in [0.1, 0.15) is 29.6 Å². The molecule has 2 saturated heterocycles. The second kappa shape index (κ2) is 8.16. The number of nitriles is 1. The molecule has 0 saturated carbocycles. The van der Waals surface area contributed by atoms with Crippen molar-refractivity contribution in [2.24, 2.45) is 11.8 Å². The van der Waals surface area contributed by atoms with Crippen LogP contribution in [0.4, 0.5) is 0 Å². The lowest BCUT2D eigenvalue weighted by Crippen LogP contribution is -2.38. The van der Waals surface area contributed by atoms with Crippen LogP contribution in [-0.2, 0) is 14.8 Å². The van der Waals surface area contributed by atoms with Gasteiger partial charge in [-0.3, -0.25) is 4.79 Å². The van der Waals surface area contributed by atoms with Crippen molar-refractivity contribution in [2.75, 3.05) is 32.8 Å². The minimum atomic E-state index is -3.66. The van der Waals surface area contributed by atoms with Gasteiger partial charge in [0.05, 0.1) is 17.6 Å². The smallest absolute Gasteiger partial charge is 0.251 e. The number of piperidine rings is 1. The third-order valence-corrected chi connectivity index (χ3v) is 6.84. The molecule has 2 aliphatic heterocycles. The van der Waals surface area contributed by atoms with Gasteiger partial charge < -0.3 is 10.1 Å². The zero-order chi connectivity index (χ0) is 18.6. The summed E-state index contributed by atoms with van der Waals surface area (Å²) < 4.78 is 32.3. The molecule has 2 heterocycles. The molecule has 1 aromatic carbocycles. The minimum absolute atomic E-state index is 0.0851. The molecule has 2 aliphatic rings. The Morgan fingerprint density at radius 3 is 2.73 bits per heavy atom. The number of hydrogen-bond acceptors (Lipinski definition) is 5. The molecule has 3 rings (SSSR count). The third kappa shape index (κ3) is 4.23. The maximum Gasteiger partial charge on any atom is 0.251 e. The number of benzene rings is 1. The van der Waals surface area contributed by atoms with Crippen LogP contribution >= 0.6 is 0 Å². The maximum atomic E-state index is 12.8. The van der Waals surface area contributed by atoms with E-state index in [1.54, 1.807) is 12.1 Å². The molecule has 26 heavy (non-hydrogen) atoms. The van der Waals surface area contributed by atoms with E-state index in [2.05, 4.69) is 11.4 Å². The van der Waals surface area contributed by atoms with E-state index in [1.807, 2.05) is 0 Å². The number of nitrogens with zero attached hydrogens (tertiary/aromatic N) is 2. The van der Waals surface area contributed by atoms with Gasteiger partial charge in [0.1, 0.15) is 0 Å². The first-order valence-corrected chi connectivity index (χ1v) is 10.3. The Morgan fingerprint density at radius 1 is 1.31 bits per heavy atom. The van der Waals surface area contributed by atoms with Crippen molar-refractivity contribution in [1.29, 1.82) is 5.26 Å². The minimum Gasteiger partial charge on any atom is -0.381 e. The zero-order valence-corrected chi connectivity index (χ0v) is 15.4. The fourth-order valence-corrected chi connectivity index (χ4v) is 4.77. The highest BCUT2D eigenvalue weighted by molar-refractivity contribution is 7.89. The van der Waals surface area contributed by atoms with E-state index in [-0.39, 0.29) is 16.7 Å². The van der Waals surface area contributed by atoms with Gasteiger partial charge in [-0.15, -0.1) is 0 Å². The lowest BCUT2D eigenvalue weighted by atomic mass is 10.0. The predicted octanol–water partition coefficient (Wildman–Crippen LogP) is 1.38. The van der Waals surface area contributed by atoms with Crippen molar-refractivity contribution in [3.63, 3.8) is 0 Å². The van der Waals surface area contributed by atoms with Gasteiger partial charge in [-0.25, -0.2) is 8.42 Å². The third-order valence-electron chi connectivity index (χ3n) is 4.95. The van der Waals surface area contributed by atoms with Crippen molar-refractivity contribution < 1.29 is 17.9 Å². The number of amides is 1. The molecule has 1 amide bonds. The standard InChI is InChI=1S/C18H23N3O4S/c19-11-14-4-7-21(8-5-14)26(23,24)17-3-1-2-16(10-17)18(22)20-12-15-6-9-25-13-15/h1-3,10,14-15H,4-9,12-13H2,(H,20,22)/t15-/m1/s1. The molecule has 0 unspecified atom stereocenters. The number of ether oxygens (including phenoxy) is 1. The van der Waals surface area contributed by atoms with Gasteiger partial charge in [-0.05, 0) is 37.5 Å². The lowest BCUT2D eigenvalue weighted by Gasteiger charge is -2.28. The average Bonchev–Trinajstić information content (AvgIpc) is 3.20. The number of hydrogen-bond donors (Lipinski definition) is 1. The first kappa shape index (κ1) is 18.8. The number of rotatable bonds is 5. The molecule has 8 heteroatoms. The quantitative estimate of drug-likeness (QED) is 0.836. The van der Waals surface area contributed by atoms with Crippen LogP contribution in [0.25, 0.3) is 0 Å². The average molecular weight is 377 g/mol. The van der Waals surface area contributed by atoms with Crippen LogP contribution in [0.2, 0.25) is 0 Å². The summed E-state index contributed by atoms with van der Waals surface area (Å²) in [7, 11) is -3.66. The van der Waals surface area contributed by atoms with Gasteiger partial charge in [-0.1, -0.05) is 6.07 Å². The topological polar surface area (TPSA) is 99.5 Å². The molecule has 1 atom stereocenters. The van der Waals surface area contributed by atoms with E-state index in [1.165, 1.54) is 16.4 Å². The van der Waals surface area contributed by atoms with Gasteiger partial charge in [0.25, 0.3) is 5.91 Å². The van der Waals surface area contributed by atoms with E-state index in [0.29, 0.717) is 50.6 Å². The molecule has 7 nitrogen and oxygen atoms in total. The first-order chi connectivity index (χ1) is 12.5. The van der Waals surface area contributed by atoms with Gasteiger partial charge in [0.15, 0.2) is 0 Å². The van der Waals surface area contributed by atoms with Crippen molar-refractivity contribution in [3.05, 3.63) is 29.8 Å². The monoisotopic (exact) mass is 377 g/mol. The van der Waals surface area contributed by atoms with E-state index in [9.17, 15) is 13.2 Å². The molecule has 1 aromatic rings. The SMILES string of the molecule is N#CC1CCN(S(=O)(=O)c2cccc(C(=O)NC[C@H]3CCOC3)c2)CC1. The van der Waals surface area contributed by atoms with E-state index < -0.39 is 10.0 Å². The Kier molecular flexibility index (Phi) is 5.91. The summed E-state index contributed by atoms with van der Waals surface area (Å²) in [5, 5.41) is 11.8. The molecule has 1 N–H and O–H groups in total. The molecule has 0 aliphatic carbocycles. The number of nitrogens with one attached hydrogen (secondary N) is 1. The second-order valence-electron chi connectivity index (χ2n) is 6.77. The lowest BCUT2D eigenvalue weighted by molar-refractivity contribution is 0.0944. The molecular weight excluding hydrogens is 354 g/mol. The van der Waals surface area contributed by atoms with Crippen molar-refractivity contribution in [1.82, 2.24) is 9.62 Å². The second-order valence-corrected chi connectivity index (χ2v) is 8.71. The van der Waals surface area contributed by atoms with Crippen LogP contribution in [0.5, 0.6) is 0 Å². The van der Waals surface area contributed by atoms with Crippen molar-refractivity contribution in [3.8, 4) is 6.07 Å². The molecule has 0 aromatic heterocycles. The number of carbonyl (C=O) groups is 1. The highest BCUT2D eigenvalue weighted by Gasteiger charge is 2.29. The fraction of sp³-hybridized carbons (Fsp3) is 0.556. The van der Waals surface area contributed by atoms with Crippen LogP contribution in [-0.4, -0.2) is 51.5 Å². The summed E-state index contributed by atoms with van der Waals surface area (Å²) in [6.45, 7) is 2.55. The van der Waals surface area contributed by atoms with Gasteiger partial charge in [0, 0.05) is 43.6 Å². The summed E-state index contributed by atoms with van der Waals surface area (Å²) in [5.74, 6) is -0.0532. The Hall–Kier alpha value is -1.95. The van der Waals surface area contributed by atoms with Crippen molar-refractivity contribution >= 4 is 15.9 Å². The van der Waals surface area contributed by atoms with Crippen molar-refractivity contribution in [2.45, 2.75) is 24.2 Å². The van der Waals surface area contributed by atoms with Gasteiger partial charge in [0.2, 0.25) is 10.0 Å². The maximum absolute atomic E-state index is 12.8. The largest absolute Gasteiger partial charge is 0.381 e. The number of carbonyl (C=O) groups excluding carboxylic acids is 1. The van der Waals surface area contributed by atoms with Gasteiger partial charge in [-0.2, -0.15) is 9.57 Å². The molecule has 0 bridgehead atoms. The Labute approximate surface area is 154 Å². The number of sulfonamides is 1. The first-order valence-electron chi connectivity index (χ1n) is 8.86. The molecule has 2 fully saturated rings. The summed E-state index contributed by atoms with van der Waals surface area (Å²) >= 11 is 0. The van der Waals surface area contributed by atoms with E-state index in [4.69, 9.17) is 10.00 Å². The van der Waals surface area contributed by atoms with Crippen LogP contribution in [0, 0.1) is 23.2 Å². The van der Waals surface area contributed by atoms with Crippen LogP contribution < -0.4 is 5.32 Å². The predicted molar refractivity (Wildman–Crippen MR) is 94.8 cm³/mol. The summed E-state index contributed by atoms with van der Waals surface area (Å²) in [6, 6.07) is 8.32. The summed E-state index contributed by atoms with van der Waals surface area (Å²) in [4.78, 5) is 12.5.